The molecule has 1 fully saturated rings. The Morgan fingerprint density at radius 2 is 2.10 bits per heavy atom. The average Bonchev–Trinajstić information content (AvgIpc) is 2.92. The van der Waals surface area contributed by atoms with Crippen LogP contribution in [0.3, 0.4) is 0 Å². The molecule has 0 N–H and O–H groups in total. The van der Waals surface area contributed by atoms with Gasteiger partial charge in [0.05, 0.1) is 31.5 Å². The van der Waals surface area contributed by atoms with Crippen LogP contribution < -0.4 is 0 Å². The maximum absolute atomic E-state index is 8.78. The minimum Gasteiger partial charge on any atom is -0.382 e. The molecule has 0 radical (unpaired) electrons. The van der Waals surface area contributed by atoms with Gasteiger partial charge in [0.1, 0.15) is 0 Å². The van der Waals surface area contributed by atoms with Crippen LogP contribution in [0, 0.1) is 17.2 Å². The number of rotatable bonds is 7. The largest absolute Gasteiger partial charge is 0.382 e. The zero-order chi connectivity index (χ0) is 14.2. The molecule has 0 spiro atoms. The van der Waals surface area contributed by atoms with Crippen LogP contribution in [0.5, 0.6) is 0 Å². The second kappa shape index (κ2) is 8.01. The Kier molecular flexibility index (Phi) is 6.00. The summed E-state index contributed by atoms with van der Waals surface area (Å²) < 4.78 is 10.6. The van der Waals surface area contributed by atoms with E-state index in [4.69, 9.17) is 14.7 Å². The minimum absolute atomic E-state index is 0.630. The number of ether oxygens (including phenoxy) is 2. The van der Waals surface area contributed by atoms with Gasteiger partial charge in [0, 0.05) is 20.2 Å². The molecule has 0 amide bonds. The van der Waals surface area contributed by atoms with Gasteiger partial charge in [-0.25, -0.2) is 0 Å². The zero-order valence-electron chi connectivity index (χ0n) is 12.0. The number of hydrogen-bond donors (Lipinski definition) is 0. The summed E-state index contributed by atoms with van der Waals surface area (Å²) in [7, 11) is 1.69. The first kappa shape index (κ1) is 15.0. The molecule has 1 heterocycles. The maximum Gasteiger partial charge on any atom is 0.0991 e. The van der Waals surface area contributed by atoms with E-state index in [1.807, 2.05) is 24.3 Å². The molecule has 0 bridgehead atoms. The van der Waals surface area contributed by atoms with Crippen molar-refractivity contribution in [2.24, 2.45) is 5.92 Å². The van der Waals surface area contributed by atoms with Gasteiger partial charge in [-0.3, -0.25) is 4.90 Å². The van der Waals surface area contributed by atoms with E-state index in [0.717, 1.165) is 31.8 Å². The lowest BCUT2D eigenvalue weighted by Crippen LogP contribution is -2.21. The lowest BCUT2D eigenvalue weighted by molar-refractivity contribution is 0.0525. The minimum atomic E-state index is 0.630. The lowest BCUT2D eigenvalue weighted by atomic mass is 10.1. The van der Waals surface area contributed by atoms with Crippen LogP contribution >= 0.6 is 0 Å². The van der Waals surface area contributed by atoms with E-state index in [2.05, 4.69) is 11.0 Å². The fraction of sp³-hybridized carbons (Fsp3) is 0.562. The summed E-state index contributed by atoms with van der Waals surface area (Å²) in [4.78, 5) is 2.45. The molecule has 4 heteroatoms. The van der Waals surface area contributed by atoms with Crippen molar-refractivity contribution in [1.82, 2.24) is 4.90 Å². The predicted octanol–water partition coefficient (Wildman–Crippen LogP) is 2.04. The highest BCUT2D eigenvalue weighted by Gasteiger charge is 2.22. The molecular weight excluding hydrogens is 252 g/mol. The van der Waals surface area contributed by atoms with Crippen molar-refractivity contribution in [3.05, 3.63) is 35.4 Å². The fourth-order valence-corrected chi connectivity index (χ4v) is 2.53. The summed E-state index contributed by atoms with van der Waals surface area (Å²) in [5, 5.41) is 8.78. The first-order valence-electron chi connectivity index (χ1n) is 7.10. The molecule has 4 nitrogen and oxygen atoms in total. The smallest absolute Gasteiger partial charge is 0.0991 e. The highest BCUT2D eigenvalue weighted by molar-refractivity contribution is 5.31. The Labute approximate surface area is 120 Å². The molecule has 1 aliphatic rings. The summed E-state index contributed by atoms with van der Waals surface area (Å²) in [6.07, 6.45) is 1.20. The molecule has 0 aliphatic carbocycles. The van der Waals surface area contributed by atoms with Crippen LogP contribution in [0.1, 0.15) is 17.5 Å². The quantitative estimate of drug-likeness (QED) is 0.714. The number of nitriles is 1. The van der Waals surface area contributed by atoms with Crippen molar-refractivity contribution < 1.29 is 9.47 Å². The summed E-state index contributed by atoms with van der Waals surface area (Å²) in [5.74, 6) is 0.630. The van der Waals surface area contributed by atoms with Crippen LogP contribution in [-0.4, -0.2) is 44.9 Å². The third-order valence-corrected chi connectivity index (χ3v) is 3.64. The molecular formula is C16H22N2O2. The molecule has 0 unspecified atom stereocenters. The molecule has 1 saturated heterocycles. The van der Waals surface area contributed by atoms with E-state index in [0.29, 0.717) is 19.1 Å². The molecule has 1 aromatic rings. The van der Waals surface area contributed by atoms with Crippen LogP contribution in [0.2, 0.25) is 0 Å². The van der Waals surface area contributed by atoms with Gasteiger partial charge in [0.15, 0.2) is 0 Å². The van der Waals surface area contributed by atoms with Crippen molar-refractivity contribution in [3.8, 4) is 6.07 Å². The van der Waals surface area contributed by atoms with Crippen molar-refractivity contribution in [2.75, 3.05) is 40.0 Å². The van der Waals surface area contributed by atoms with Crippen LogP contribution in [0.25, 0.3) is 0 Å². The second-order valence-corrected chi connectivity index (χ2v) is 5.27. The Balaban J connectivity index is 1.71. The van der Waals surface area contributed by atoms with Gasteiger partial charge in [-0.2, -0.15) is 5.26 Å². The number of likely N-dealkylation sites (tertiary alicyclic amines) is 1. The lowest BCUT2D eigenvalue weighted by Gasteiger charge is -2.16. The van der Waals surface area contributed by atoms with Crippen LogP contribution in [-0.2, 0) is 16.0 Å². The highest BCUT2D eigenvalue weighted by Crippen LogP contribution is 2.19. The third-order valence-electron chi connectivity index (χ3n) is 3.64. The van der Waals surface area contributed by atoms with Crippen molar-refractivity contribution in [3.63, 3.8) is 0 Å². The predicted molar refractivity (Wildman–Crippen MR) is 77.2 cm³/mol. The molecule has 0 saturated carbocycles. The highest BCUT2D eigenvalue weighted by atomic mass is 16.5. The summed E-state index contributed by atoms with van der Waals surface area (Å²) in [5.41, 5.74) is 1.99. The molecule has 20 heavy (non-hydrogen) atoms. The normalized spacial score (nSPS) is 19.1. The Morgan fingerprint density at radius 1 is 1.30 bits per heavy atom. The second-order valence-electron chi connectivity index (χ2n) is 5.27. The number of benzene rings is 1. The van der Waals surface area contributed by atoms with Crippen LogP contribution in [0.4, 0.5) is 0 Å². The van der Waals surface area contributed by atoms with Crippen LogP contribution in [0.15, 0.2) is 24.3 Å². The van der Waals surface area contributed by atoms with E-state index < -0.39 is 0 Å². The summed E-state index contributed by atoms with van der Waals surface area (Å²) in [6, 6.07) is 10.0. The first-order chi connectivity index (χ1) is 9.81. The maximum atomic E-state index is 8.78. The Bertz CT molecular complexity index is 439. The van der Waals surface area contributed by atoms with Crippen molar-refractivity contribution in [2.45, 2.75) is 13.0 Å². The topological polar surface area (TPSA) is 45.5 Å². The van der Waals surface area contributed by atoms with E-state index >= 15 is 0 Å². The number of methoxy groups -OCH3 is 1. The average molecular weight is 274 g/mol. The van der Waals surface area contributed by atoms with Gasteiger partial charge in [0.2, 0.25) is 0 Å². The van der Waals surface area contributed by atoms with Crippen molar-refractivity contribution in [1.29, 1.82) is 5.26 Å². The van der Waals surface area contributed by atoms with Crippen molar-refractivity contribution >= 4 is 0 Å². The van der Waals surface area contributed by atoms with Gasteiger partial charge in [0.25, 0.3) is 0 Å². The van der Waals surface area contributed by atoms with Gasteiger partial charge in [-0.15, -0.1) is 0 Å². The molecule has 1 atom stereocenters. The zero-order valence-corrected chi connectivity index (χ0v) is 12.0. The Hall–Kier alpha value is -1.41. The summed E-state index contributed by atoms with van der Waals surface area (Å²) >= 11 is 0. The van der Waals surface area contributed by atoms with Gasteiger partial charge in [-0.05, 0) is 36.6 Å². The van der Waals surface area contributed by atoms with Gasteiger partial charge < -0.3 is 9.47 Å². The number of hydrogen-bond acceptors (Lipinski definition) is 4. The SMILES string of the molecule is COCCOC[C@@H]1CCN(Cc2ccc(C#N)cc2)C1. The molecule has 1 aromatic carbocycles. The summed E-state index contributed by atoms with van der Waals surface area (Å²) in [6.45, 7) is 5.35. The number of nitrogens with zero attached hydrogens (tertiary/aromatic N) is 2. The standard InChI is InChI=1S/C16H22N2O2/c1-19-8-9-20-13-16-6-7-18(12-16)11-15-4-2-14(10-17)3-5-15/h2-5,16H,6-9,11-13H2,1H3/t16-/m1/s1. The first-order valence-corrected chi connectivity index (χ1v) is 7.10. The Morgan fingerprint density at radius 3 is 2.80 bits per heavy atom. The van der Waals surface area contributed by atoms with Gasteiger partial charge in [-0.1, -0.05) is 12.1 Å². The van der Waals surface area contributed by atoms with E-state index in [-0.39, 0.29) is 0 Å². The molecule has 108 valence electrons. The van der Waals surface area contributed by atoms with Gasteiger partial charge >= 0.3 is 0 Å². The molecule has 2 rings (SSSR count). The fourth-order valence-electron chi connectivity index (χ4n) is 2.53. The monoisotopic (exact) mass is 274 g/mol. The third kappa shape index (κ3) is 4.61. The van der Waals surface area contributed by atoms with E-state index in [1.165, 1.54) is 12.0 Å². The van der Waals surface area contributed by atoms with E-state index in [9.17, 15) is 0 Å². The molecule has 1 aliphatic heterocycles. The molecule has 0 aromatic heterocycles. The van der Waals surface area contributed by atoms with E-state index in [1.54, 1.807) is 7.11 Å².